The molecule has 0 aliphatic heterocycles. The van der Waals surface area contributed by atoms with Crippen LogP contribution in [0, 0.1) is 17.8 Å². The van der Waals surface area contributed by atoms with Gasteiger partial charge in [-0.2, -0.15) is 13.2 Å². The van der Waals surface area contributed by atoms with E-state index in [1.54, 1.807) is 6.07 Å². The van der Waals surface area contributed by atoms with Gasteiger partial charge in [0.1, 0.15) is 0 Å². The highest BCUT2D eigenvalue weighted by atomic mass is 19.4. The zero-order valence-corrected chi connectivity index (χ0v) is 9.09. The van der Waals surface area contributed by atoms with Crippen molar-refractivity contribution < 1.29 is 13.2 Å². The summed E-state index contributed by atoms with van der Waals surface area (Å²) in [7, 11) is 0. The van der Waals surface area contributed by atoms with Crippen LogP contribution in [-0.2, 0) is 5.54 Å². The van der Waals surface area contributed by atoms with E-state index in [4.69, 9.17) is 5.73 Å². The molecule has 1 aromatic carbocycles. The molecule has 1 unspecified atom stereocenters. The van der Waals surface area contributed by atoms with Crippen LogP contribution < -0.4 is 5.73 Å². The van der Waals surface area contributed by atoms with Gasteiger partial charge in [0.15, 0.2) is 5.54 Å². The van der Waals surface area contributed by atoms with E-state index in [-0.39, 0.29) is 11.5 Å². The molecule has 1 saturated carbocycles. The van der Waals surface area contributed by atoms with Crippen LogP contribution in [0.5, 0.6) is 0 Å². The molecule has 0 amide bonds. The number of alkyl halides is 3. The van der Waals surface area contributed by atoms with Crippen LogP contribution >= 0.6 is 0 Å². The van der Waals surface area contributed by atoms with E-state index in [0.717, 1.165) is 12.8 Å². The summed E-state index contributed by atoms with van der Waals surface area (Å²) >= 11 is 0. The summed E-state index contributed by atoms with van der Waals surface area (Å²) in [5, 5.41) is 0. The molecule has 2 N–H and O–H groups in total. The second-order valence-corrected chi connectivity index (χ2v) is 4.22. The maximum absolute atomic E-state index is 13.0. The van der Waals surface area contributed by atoms with E-state index in [1.165, 1.54) is 24.3 Å². The van der Waals surface area contributed by atoms with Crippen molar-refractivity contribution in [1.29, 1.82) is 0 Å². The van der Waals surface area contributed by atoms with E-state index < -0.39 is 11.7 Å². The minimum absolute atomic E-state index is 0.0133. The van der Waals surface area contributed by atoms with E-state index in [1.807, 2.05) is 0 Å². The van der Waals surface area contributed by atoms with Gasteiger partial charge in [0.2, 0.25) is 0 Å². The second kappa shape index (κ2) is 4.08. The Morgan fingerprint density at radius 1 is 1.12 bits per heavy atom. The lowest BCUT2D eigenvalue weighted by molar-refractivity contribution is -0.171. The molecule has 1 atom stereocenters. The van der Waals surface area contributed by atoms with Crippen LogP contribution in [0.15, 0.2) is 30.3 Å². The molecule has 17 heavy (non-hydrogen) atoms. The highest BCUT2D eigenvalue weighted by molar-refractivity contribution is 5.37. The maximum Gasteiger partial charge on any atom is 0.422 e. The molecule has 90 valence electrons. The summed E-state index contributed by atoms with van der Waals surface area (Å²) in [5.41, 5.74) is 2.90. The Labute approximate surface area is 97.8 Å². The van der Waals surface area contributed by atoms with Crippen LogP contribution in [0.3, 0.4) is 0 Å². The van der Waals surface area contributed by atoms with Gasteiger partial charge in [-0.1, -0.05) is 42.2 Å². The summed E-state index contributed by atoms with van der Waals surface area (Å²) in [6.07, 6.45) is -2.83. The highest BCUT2D eigenvalue weighted by Gasteiger charge is 2.52. The van der Waals surface area contributed by atoms with Crippen LogP contribution in [-0.4, -0.2) is 6.18 Å². The fourth-order valence-corrected chi connectivity index (χ4v) is 1.45. The number of benzene rings is 1. The third-order valence-corrected chi connectivity index (χ3v) is 2.73. The zero-order chi connectivity index (χ0) is 12.5. The summed E-state index contributed by atoms with van der Waals surface area (Å²) in [4.78, 5) is 0. The van der Waals surface area contributed by atoms with Gasteiger partial charge in [-0.25, -0.2) is 0 Å². The molecule has 0 bridgehead atoms. The highest BCUT2D eigenvalue weighted by Crippen LogP contribution is 2.37. The molecule has 1 fully saturated rings. The Bertz CT molecular complexity index is 451. The van der Waals surface area contributed by atoms with Gasteiger partial charge < -0.3 is 5.73 Å². The van der Waals surface area contributed by atoms with Crippen molar-refractivity contribution >= 4 is 0 Å². The molecule has 0 radical (unpaired) electrons. The lowest BCUT2D eigenvalue weighted by Gasteiger charge is -2.27. The molecule has 2 rings (SSSR count). The van der Waals surface area contributed by atoms with E-state index in [9.17, 15) is 13.2 Å². The zero-order valence-electron chi connectivity index (χ0n) is 9.09. The van der Waals surface area contributed by atoms with Crippen LogP contribution in [0.2, 0.25) is 0 Å². The van der Waals surface area contributed by atoms with Crippen LogP contribution in [0.25, 0.3) is 0 Å². The van der Waals surface area contributed by atoms with Gasteiger partial charge in [-0.3, -0.25) is 0 Å². The SMILES string of the molecule is NC(C#CC1CC1)(c1ccccc1)C(F)(F)F. The van der Waals surface area contributed by atoms with Crippen molar-refractivity contribution in [3.05, 3.63) is 35.9 Å². The van der Waals surface area contributed by atoms with Gasteiger partial charge in [0, 0.05) is 5.92 Å². The first-order chi connectivity index (χ1) is 7.93. The Morgan fingerprint density at radius 2 is 1.71 bits per heavy atom. The Hall–Kier alpha value is -1.47. The van der Waals surface area contributed by atoms with E-state index in [0.29, 0.717) is 0 Å². The molecule has 1 aromatic rings. The Kier molecular flexibility index (Phi) is 2.88. The van der Waals surface area contributed by atoms with Crippen molar-refractivity contribution in [2.24, 2.45) is 11.7 Å². The molecular formula is C13H12F3N. The van der Waals surface area contributed by atoms with Crippen LogP contribution in [0.1, 0.15) is 18.4 Å². The lowest BCUT2D eigenvalue weighted by atomic mass is 9.90. The average Bonchev–Trinajstić information content (AvgIpc) is 3.09. The fraction of sp³-hybridized carbons (Fsp3) is 0.385. The number of nitrogens with two attached hydrogens (primary N) is 1. The first-order valence-corrected chi connectivity index (χ1v) is 5.37. The second-order valence-electron chi connectivity index (χ2n) is 4.22. The van der Waals surface area contributed by atoms with Crippen molar-refractivity contribution in [3.8, 4) is 11.8 Å². The molecule has 1 aliphatic carbocycles. The molecule has 0 aromatic heterocycles. The predicted octanol–water partition coefficient (Wildman–Crippen LogP) is 2.82. The first-order valence-electron chi connectivity index (χ1n) is 5.37. The number of halogens is 3. The van der Waals surface area contributed by atoms with Crippen LogP contribution in [0.4, 0.5) is 13.2 Å². The predicted molar refractivity (Wildman–Crippen MR) is 58.9 cm³/mol. The standard InChI is InChI=1S/C13H12F3N/c14-13(15,16)12(17,9-8-10-6-7-10)11-4-2-1-3-5-11/h1-5,10H,6-7,17H2. The van der Waals surface area contributed by atoms with E-state index in [2.05, 4.69) is 11.8 Å². The molecular weight excluding hydrogens is 227 g/mol. The van der Waals surface area contributed by atoms with Gasteiger partial charge in [0.05, 0.1) is 0 Å². The molecule has 1 nitrogen and oxygen atoms in total. The number of hydrogen-bond donors (Lipinski definition) is 1. The Morgan fingerprint density at radius 3 is 2.18 bits per heavy atom. The summed E-state index contributed by atoms with van der Waals surface area (Å²) < 4.78 is 39.1. The topological polar surface area (TPSA) is 26.0 Å². The summed E-state index contributed by atoms with van der Waals surface area (Å²) in [6, 6.07) is 7.42. The van der Waals surface area contributed by atoms with Gasteiger partial charge in [-0.05, 0) is 18.4 Å². The van der Waals surface area contributed by atoms with Gasteiger partial charge >= 0.3 is 6.18 Å². The van der Waals surface area contributed by atoms with E-state index >= 15 is 0 Å². The minimum atomic E-state index is -4.57. The molecule has 0 heterocycles. The molecule has 1 aliphatic rings. The summed E-state index contributed by atoms with van der Waals surface area (Å²) in [6.45, 7) is 0. The molecule has 0 saturated heterocycles. The monoisotopic (exact) mass is 239 g/mol. The normalized spacial score (nSPS) is 19.1. The number of rotatable bonds is 1. The van der Waals surface area contributed by atoms with Crippen molar-refractivity contribution in [3.63, 3.8) is 0 Å². The summed E-state index contributed by atoms with van der Waals surface area (Å²) in [5.74, 6) is 4.91. The van der Waals surface area contributed by atoms with Crippen molar-refractivity contribution in [1.82, 2.24) is 0 Å². The minimum Gasteiger partial charge on any atom is -0.304 e. The third-order valence-electron chi connectivity index (χ3n) is 2.73. The fourth-order valence-electron chi connectivity index (χ4n) is 1.45. The largest absolute Gasteiger partial charge is 0.422 e. The van der Waals surface area contributed by atoms with Crippen molar-refractivity contribution in [2.45, 2.75) is 24.6 Å². The maximum atomic E-state index is 13.0. The molecule has 0 spiro atoms. The van der Waals surface area contributed by atoms with Gasteiger partial charge in [-0.15, -0.1) is 0 Å². The van der Waals surface area contributed by atoms with Gasteiger partial charge in [0.25, 0.3) is 0 Å². The average molecular weight is 239 g/mol. The quantitative estimate of drug-likeness (QED) is 0.749. The molecule has 4 heteroatoms. The number of hydrogen-bond acceptors (Lipinski definition) is 1. The smallest absolute Gasteiger partial charge is 0.304 e. The Balaban J connectivity index is 2.41. The third kappa shape index (κ3) is 2.45. The van der Waals surface area contributed by atoms with Crippen molar-refractivity contribution in [2.75, 3.05) is 0 Å². The first kappa shape index (κ1) is 12.0. The lowest BCUT2D eigenvalue weighted by Crippen LogP contribution is -2.49.